The van der Waals surface area contributed by atoms with Crippen molar-refractivity contribution in [2.75, 3.05) is 0 Å². The lowest BCUT2D eigenvalue weighted by molar-refractivity contribution is 0.500. The van der Waals surface area contributed by atoms with Crippen molar-refractivity contribution >= 4 is 26.7 Å². The number of benzene rings is 3. The summed E-state index contributed by atoms with van der Waals surface area (Å²) in [6.45, 7) is 1.98. The number of hydrogen-bond donors (Lipinski definition) is 0. The van der Waals surface area contributed by atoms with E-state index in [1.807, 2.05) is 43.3 Å². The molecule has 0 aliphatic heterocycles. The summed E-state index contributed by atoms with van der Waals surface area (Å²) in [6, 6.07) is 16.2. The third-order valence-electron chi connectivity index (χ3n) is 3.70. The molecule has 1 atom stereocenters. The Hall–Kier alpha value is -1.74. The summed E-state index contributed by atoms with van der Waals surface area (Å²) >= 11 is 3.54. The molecule has 0 saturated carbocycles. The van der Waals surface area contributed by atoms with Crippen molar-refractivity contribution in [1.29, 1.82) is 0 Å². The molecule has 106 valence electrons. The fourth-order valence-electron chi connectivity index (χ4n) is 2.61. The van der Waals surface area contributed by atoms with Gasteiger partial charge < -0.3 is 0 Å². The third kappa shape index (κ3) is 2.46. The number of rotatable bonds is 2. The second-order valence-electron chi connectivity index (χ2n) is 5.02. The van der Waals surface area contributed by atoms with E-state index in [-0.39, 0.29) is 4.83 Å². The average molecular weight is 347 g/mol. The van der Waals surface area contributed by atoms with Crippen molar-refractivity contribution < 1.29 is 8.78 Å². The molecule has 3 aromatic rings. The minimum absolute atomic E-state index is 0.314. The molecule has 0 aliphatic rings. The molecule has 0 aromatic heterocycles. The van der Waals surface area contributed by atoms with Gasteiger partial charge in [-0.25, -0.2) is 8.78 Å². The van der Waals surface area contributed by atoms with Gasteiger partial charge in [-0.3, -0.25) is 0 Å². The first kappa shape index (κ1) is 14.2. The summed E-state index contributed by atoms with van der Waals surface area (Å²) in [5.41, 5.74) is 2.33. The Morgan fingerprint density at radius 3 is 2.48 bits per heavy atom. The topological polar surface area (TPSA) is 0 Å². The lowest BCUT2D eigenvalue weighted by atomic mass is 9.94. The standard InChI is InChI=1S/C18H13BrF2/c1-11-9-10-12-5-2-3-6-13(12)16(11)17(19)14-7-4-8-15(20)18(14)21/h2-10,17H,1H3. The Labute approximate surface area is 130 Å². The summed E-state index contributed by atoms with van der Waals surface area (Å²) < 4.78 is 27.5. The molecule has 0 nitrogen and oxygen atoms in total. The first-order valence-electron chi connectivity index (χ1n) is 6.66. The van der Waals surface area contributed by atoms with Gasteiger partial charge in [-0.05, 0) is 34.9 Å². The number of fused-ring (bicyclic) bond motifs is 1. The number of hydrogen-bond acceptors (Lipinski definition) is 0. The quantitative estimate of drug-likeness (QED) is 0.506. The lowest BCUT2D eigenvalue weighted by Crippen LogP contribution is -2.01. The highest BCUT2D eigenvalue weighted by atomic mass is 79.9. The van der Waals surface area contributed by atoms with Crippen LogP contribution in [-0.4, -0.2) is 0 Å². The van der Waals surface area contributed by atoms with Crippen LogP contribution in [0.1, 0.15) is 21.5 Å². The fourth-order valence-corrected chi connectivity index (χ4v) is 3.57. The molecule has 0 N–H and O–H groups in total. The van der Waals surface area contributed by atoms with Crippen molar-refractivity contribution in [1.82, 2.24) is 0 Å². The van der Waals surface area contributed by atoms with Gasteiger partial charge in [0.2, 0.25) is 0 Å². The van der Waals surface area contributed by atoms with Crippen LogP contribution in [0.5, 0.6) is 0 Å². The summed E-state index contributed by atoms with van der Waals surface area (Å²) in [5.74, 6) is -1.62. The first-order chi connectivity index (χ1) is 10.1. The molecule has 0 heterocycles. The van der Waals surface area contributed by atoms with Crippen LogP contribution in [0.3, 0.4) is 0 Å². The molecule has 0 amide bonds. The maximum Gasteiger partial charge on any atom is 0.163 e. The lowest BCUT2D eigenvalue weighted by Gasteiger charge is -2.17. The van der Waals surface area contributed by atoms with Crippen LogP contribution in [0.4, 0.5) is 8.78 Å². The molecule has 21 heavy (non-hydrogen) atoms. The Balaban J connectivity index is 2.24. The molecule has 0 radical (unpaired) electrons. The van der Waals surface area contributed by atoms with E-state index in [9.17, 15) is 8.78 Å². The van der Waals surface area contributed by atoms with Crippen LogP contribution in [0.15, 0.2) is 54.6 Å². The zero-order chi connectivity index (χ0) is 15.0. The van der Waals surface area contributed by atoms with Gasteiger partial charge in [0.25, 0.3) is 0 Å². The van der Waals surface area contributed by atoms with Crippen LogP contribution in [0.25, 0.3) is 10.8 Å². The summed E-state index contributed by atoms with van der Waals surface area (Å²) in [7, 11) is 0. The van der Waals surface area contributed by atoms with Gasteiger partial charge in [-0.1, -0.05) is 64.5 Å². The van der Waals surface area contributed by atoms with Gasteiger partial charge in [0.05, 0.1) is 4.83 Å². The van der Waals surface area contributed by atoms with E-state index in [0.717, 1.165) is 28.0 Å². The zero-order valence-electron chi connectivity index (χ0n) is 11.4. The molecule has 0 saturated heterocycles. The summed E-state index contributed by atoms with van der Waals surface area (Å²) in [6.07, 6.45) is 0. The Morgan fingerprint density at radius 2 is 1.67 bits per heavy atom. The maximum atomic E-state index is 14.1. The van der Waals surface area contributed by atoms with Crippen LogP contribution in [0.2, 0.25) is 0 Å². The van der Waals surface area contributed by atoms with Gasteiger partial charge in [-0.15, -0.1) is 0 Å². The summed E-state index contributed by atoms with van der Waals surface area (Å²) in [4.78, 5) is -0.390. The van der Waals surface area contributed by atoms with Crippen LogP contribution in [0, 0.1) is 18.6 Å². The smallest absolute Gasteiger partial charge is 0.163 e. The monoisotopic (exact) mass is 346 g/mol. The Bertz CT molecular complexity index is 811. The van der Waals surface area contributed by atoms with Crippen molar-refractivity contribution in [2.24, 2.45) is 0 Å². The van der Waals surface area contributed by atoms with E-state index in [0.29, 0.717) is 5.56 Å². The van der Waals surface area contributed by atoms with E-state index in [1.165, 1.54) is 6.07 Å². The average Bonchev–Trinajstić information content (AvgIpc) is 2.49. The van der Waals surface area contributed by atoms with Crippen molar-refractivity contribution in [3.8, 4) is 0 Å². The van der Waals surface area contributed by atoms with Crippen LogP contribution >= 0.6 is 15.9 Å². The normalized spacial score (nSPS) is 12.6. The molecule has 0 aliphatic carbocycles. The molecule has 1 unspecified atom stereocenters. The molecule has 0 fully saturated rings. The zero-order valence-corrected chi connectivity index (χ0v) is 13.0. The number of alkyl halides is 1. The van der Waals surface area contributed by atoms with Crippen LogP contribution < -0.4 is 0 Å². The highest BCUT2D eigenvalue weighted by molar-refractivity contribution is 9.09. The van der Waals surface area contributed by atoms with Gasteiger partial charge in [0, 0.05) is 5.56 Å². The molecule has 0 spiro atoms. The van der Waals surface area contributed by atoms with E-state index in [2.05, 4.69) is 15.9 Å². The van der Waals surface area contributed by atoms with E-state index in [4.69, 9.17) is 0 Å². The molecule has 3 heteroatoms. The van der Waals surface area contributed by atoms with E-state index in [1.54, 1.807) is 6.07 Å². The highest BCUT2D eigenvalue weighted by Gasteiger charge is 2.20. The SMILES string of the molecule is Cc1ccc2ccccc2c1C(Br)c1cccc(F)c1F. The van der Waals surface area contributed by atoms with Crippen molar-refractivity contribution in [3.63, 3.8) is 0 Å². The van der Waals surface area contributed by atoms with Crippen molar-refractivity contribution in [2.45, 2.75) is 11.8 Å². The highest BCUT2D eigenvalue weighted by Crippen LogP contribution is 2.38. The predicted molar refractivity (Wildman–Crippen MR) is 85.8 cm³/mol. The minimum Gasteiger partial charge on any atom is -0.204 e. The van der Waals surface area contributed by atoms with Gasteiger partial charge in [0.1, 0.15) is 0 Å². The number of aryl methyl sites for hydroxylation is 1. The molecule has 0 bridgehead atoms. The van der Waals surface area contributed by atoms with E-state index >= 15 is 0 Å². The van der Waals surface area contributed by atoms with Crippen molar-refractivity contribution in [3.05, 3.63) is 82.9 Å². The molecular formula is C18H13BrF2. The van der Waals surface area contributed by atoms with Gasteiger partial charge in [0.15, 0.2) is 11.6 Å². The van der Waals surface area contributed by atoms with Gasteiger partial charge in [-0.2, -0.15) is 0 Å². The predicted octanol–water partition coefficient (Wildman–Crippen LogP) is 5.91. The molecule has 3 rings (SSSR count). The van der Waals surface area contributed by atoms with E-state index < -0.39 is 11.6 Å². The largest absolute Gasteiger partial charge is 0.204 e. The minimum atomic E-state index is -0.824. The Morgan fingerprint density at radius 1 is 0.905 bits per heavy atom. The fraction of sp³-hybridized carbons (Fsp3) is 0.111. The number of halogens is 3. The van der Waals surface area contributed by atoms with Gasteiger partial charge >= 0.3 is 0 Å². The summed E-state index contributed by atoms with van der Waals surface area (Å²) in [5, 5.41) is 2.13. The Kier molecular flexibility index (Phi) is 3.77. The van der Waals surface area contributed by atoms with Crippen LogP contribution in [-0.2, 0) is 0 Å². The maximum absolute atomic E-state index is 14.1. The second-order valence-corrected chi connectivity index (χ2v) is 5.94. The first-order valence-corrected chi connectivity index (χ1v) is 7.57. The molecular weight excluding hydrogens is 334 g/mol. The second kappa shape index (κ2) is 5.57. The molecule has 3 aromatic carbocycles. The third-order valence-corrected chi connectivity index (χ3v) is 4.65.